The lowest BCUT2D eigenvalue weighted by atomic mass is 10.3. The topological polar surface area (TPSA) is 32.3 Å². The summed E-state index contributed by atoms with van der Waals surface area (Å²) in [6, 6.07) is 11.7. The predicted molar refractivity (Wildman–Crippen MR) is 89.4 cm³/mol. The van der Waals surface area contributed by atoms with E-state index in [0.29, 0.717) is 0 Å². The van der Waals surface area contributed by atoms with Crippen LogP contribution in [0.2, 0.25) is 0 Å². The molecule has 2 heterocycles. The third-order valence-electron chi connectivity index (χ3n) is 3.01. The van der Waals surface area contributed by atoms with Gasteiger partial charge in [0.15, 0.2) is 0 Å². The highest BCUT2D eigenvalue weighted by molar-refractivity contribution is 9.10. The minimum absolute atomic E-state index is 0.0356. The average Bonchev–Trinajstić information content (AvgIpc) is 3.09. The van der Waals surface area contributed by atoms with Gasteiger partial charge in [0.25, 0.3) is 0 Å². The number of halogens is 1. The van der Waals surface area contributed by atoms with Crippen LogP contribution in [-0.4, -0.2) is 23.2 Å². The van der Waals surface area contributed by atoms with Crippen LogP contribution < -0.4 is 5.32 Å². The van der Waals surface area contributed by atoms with Crippen LogP contribution in [-0.2, 0) is 0 Å². The number of thioether (sulfide) groups is 1. The van der Waals surface area contributed by atoms with E-state index in [1.54, 1.807) is 11.3 Å². The summed E-state index contributed by atoms with van der Waals surface area (Å²) in [5.41, 5.74) is 0.811. The Bertz CT molecular complexity index is 603. The number of benzene rings is 1. The first-order chi connectivity index (χ1) is 9.74. The molecule has 3 rings (SSSR count). The third-order valence-corrected chi connectivity index (χ3v) is 5.82. The molecule has 2 aromatic rings. The standard InChI is InChI=1S/C14H13BrN2OS2/c15-10-3-1-4-11(9-10)16-14(18)17-6-8-20-13(17)12-5-2-7-19-12/h1-5,7,9,13H,6,8H2,(H,16,18). The van der Waals surface area contributed by atoms with Gasteiger partial charge in [0, 0.05) is 27.3 Å². The van der Waals surface area contributed by atoms with Crippen LogP contribution in [0.5, 0.6) is 0 Å². The van der Waals surface area contributed by atoms with Crippen LogP contribution in [0, 0.1) is 0 Å². The zero-order valence-corrected chi connectivity index (χ0v) is 13.8. The molecule has 0 bridgehead atoms. The first-order valence-electron chi connectivity index (χ1n) is 6.22. The molecule has 0 radical (unpaired) electrons. The number of hydrogen-bond donors (Lipinski definition) is 1. The van der Waals surface area contributed by atoms with Gasteiger partial charge in [0.2, 0.25) is 0 Å². The van der Waals surface area contributed by atoms with Gasteiger partial charge in [-0.1, -0.05) is 28.1 Å². The van der Waals surface area contributed by atoms with E-state index in [1.807, 2.05) is 47.0 Å². The molecular formula is C14H13BrN2OS2. The lowest BCUT2D eigenvalue weighted by molar-refractivity contribution is 0.215. The van der Waals surface area contributed by atoms with Gasteiger partial charge in [-0.15, -0.1) is 23.1 Å². The molecule has 1 fully saturated rings. The number of hydrogen-bond acceptors (Lipinski definition) is 3. The Balaban J connectivity index is 1.73. The summed E-state index contributed by atoms with van der Waals surface area (Å²) in [6.07, 6.45) is 0. The number of nitrogens with one attached hydrogen (secondary N) is 1. The van der Waals surface area contributed by atoms with Gasteiger partial charge >= 0.3 is 6.03 Å². The van der Waals surface area contributed by atoms with Gasteiger partial charge in [-0.25, -0.2) is 4.79 Å². The Morgan fingerprint density at radius 3 is 3.00 bits per heavy atom. The normalized spacial score (nSPS) is 18.2. The van der Waals surface area contributed by atoms with Crippen molar-refractivity contribution in [1.82, 2.24) is 4.90 Å². The first kappa shape index (κ1) is 14.0. The second kappa shape index (κ2) is 6.20. The second-order valence-corrected chi connectivity index (χ2v) is 7.46. The van der Waals surface area contributed by atoms with E-state index in [-0.39, 0.29) is 11.4 Å². The van der Waals surface area contributed by atoms with Crippen LogP contribution in [0.4, 0.5) is 10.5 Å². The van der Waals surface area contributed by atoms with Crippen molar-refractivity contribution in [3.05, 3.63) is 51.1 Å². The van der Waals surface area contributed by atoms with Crippen molar-refractivity contribution in [2.75, 3.05) is 17.6 Å². The van der Waals surface area contributed by atoms with Crippen molar-refractivity contribution < 1.29 is 4.79 Å². The minimum Gasteiger partial charge on any atom is -0.308 e. The number of amides is 2. The highest BCUT2D eigenvalue weighted by Gasteiger charge is 2.31. The van der Waals surface area contributed by atoms with Gasteiger partial charge in [-0.3, -0.25) is 0 Å². The van der Waals surface area contributed by atoms with Crippen LogP contribution in [0.25, 0.3) is 0 Å². The van der Waals surface area contributed by atoms with Crippen LogP contribution in [0.3, 0.4) is 0 Å². The Kier molecular flexibility index (Phi) is 4.33. The molecule has 1 N–H and O–H groups in total. The van der Waals surface area contributed by atoms with E-state index in [2.05, 4.69) is 32.7 Å². The van der Waals surface area contributed by atoms with Gasteiger partial charge in [-0.05, 0) is 29.6 Å². The number of carbonyl (C=O) groups excluding carboxylic acids is 1. The molecule has 1 aliphatic rings. The van der Waals surface area contributed by atoms with Crippen molar-refractivity contribution in [1.29, 1.82) is 0 Å². The van der Waals surface area contributed by atoms with Crippen LogP contribution >= 0.6 is 39.0 Å². The molecule has 104 valence electrons. The maximum absolute atomic E-state index is 12.4. The summed E-state index contributed by atoms with van der Waals surface area (Å²) in [5.74, 6) is 0.981. The second-order valence-electron chi connectivity index (χ2n) is 4.37. The molecule has 1 saturated heterocycles. The number of nitrogens with zero attached hydrogens (tertiary/aromatic N) is 1. The fourth-order valence-corrected chi connectivity index (χ4v) is 4.74. The predicted octanol–water partition coefficient (Wildman–Crippen LogP) is 4.79. The molecule has 0 saturated carbocycles. The summed E-state index contributed by atoms with van der Waals surface area (Å²) < 4.78 is 0.959. The number of rotatable bonds is 2. The fraction of sp³-hybridized carbons (Fsp3) is 0.214. The quantitative estimate of drug-likeness (QED) is 0.826. The van der Waals surface area contributed by atoms with E-state index >= 15 is 0 Å². The van der Waals surface area contributed by atoms with Gasteiger partial charge in [0.1, 0.15) is 5.37 Å². The Morgan fingerprint density at radius 1 is 1.35 bits per heavy atom. The number of urea groups is 1. The maximum atomic E-state index is 12.4. The summed E-state index contributed by atoms with van der Waals surface area (Å²) in [7, 11) is 0. The highest BCUT2D eigenvalue weighted by atomic mass is 79.9. The van der Waals surface area contributed by atoms with Gasteiger partial charge < -0.3 is 10.2 Å². The Hall–Kier alpha value is -0.980. The fourth-order valence-electron chi connectivity index (χ4n) is 2.11. The molecule has 0 spiro atoms. The summed E-state index contributed by atoms with van der Waals surface area (Å²) in [5, 5.41) is 5.16. The first-order valence-corrected chi connectivity index (χ1v) is 8.94. The molecule has 1 atom stereocenters. The number of thiophene rings is 1. The number of anilines is 1. The van der Waals surface area contributed by atoms with Crippen molar-refractivity contribution in [2.45, 2.75) is 5.37 Å². The lowest BCUT2D eigenvalue weighted by Gasteiger charge is -2.23. The van der Waals surface area contributed by atoms with E-state index in [0.717, 1.165) is 22.5 Å². The van der Waals surface area contributed by atoms with Gasteiger partial charge in [0.05, 0.1) is 0 Å². The van der Waals surface area contributed by atoms with E-state index < -0.39 is 0 Å². The Labute approximate surface area is 134 Å². The lowest BCUT2D eigenvalue weighted by Crippen LogP contribution is -2.34. The highest BCUT2D eigenvalue weighted by Crippen LogP contribution is 2.40. The van der Waals surface area contributed by atoms with Crippen LogP contribution in [0.1, 0.15) is 10.3 Å². The van der Waals surface area contributed by atoms with Crippen LogP contribution in [0.15, 0.2) is 46.3 Å². The molecule has 2 amide bonds. The molecule has 1 unspecified atom stereocenters. The summed E-state index contributed by atoms with van der Waals surface area (Å²) >= 11 is 6.93. The van der Waals surface area contributed by atoms with E-state index in [4.69, 9.17) is 0 Å². The zero-order valence-electron chi connectivity index (χ0n) is 10.6. The van der Waals surface area contributed by atoms with Crippen molar-refractivity contribution in [3.8, 4) is 0 Å². The smallest absolute Gasteiger partial charge is 0.308 e. The van der Waals surface area contributed by atoms with Crippen molar-refractivity contribution in [3.63, 3.8) is 0 Å². The SMILES string of the molecule is O=C(Nc1cccc(Br)c1)N1CCSC1c1cccs1. The zero-order chi connectivity index (χ0) is 13.9. The Morgan fingerprint density at radius 2 is 2.25 bits per heavy atom. The molecule has 6 heteroatoms. The average molecular weight is 369 g/mol. The maximum Gasteiger partial charge on any atom is 0.323 e. The van der Waals surface area contributed by atoms with E-state index in [1.165, 1.54) is 4.88 Å². The van der Waals surface area contributed by atoms with Crippen molar-refractivity contribution >= 4 is 50.7 Å². The largest absolute Gasteiger partial charge is 0.323 e. The monoisotopic (exact) mass is 368 g/mol. The summed E-state index contributed by atoms with van der Waals surface area (Å²) in [4.78, 5) is 15.6. The summed E-state index contributed by atoms with van der Waals surface area (Å²) in [6.45, 7) is 0.785. The van der Waals surface area contributed by atoms with E-state index in [9.17, 15) is 4.79 Å². The molecule has 1 aromatic carbocycles. The minimum atomic E-state index is -0.0356. The third kappa shape index (κ3) is 3.02. The molecule has 20 heavy (non-hydrogen) atoms. The molecule has 1 aliphatic heterocycles. The molecule has 1 aromatic heterocycles. The molecule has 3 nitrogen and oxygen atoms in total. The molecular weight excluding hydrogens is 356 g/mol. The van der Waals surface area contributed by atoms with Crippen molar-refractivity contribution in [2.24, 2.45) is 0 Å². The number of carbonyl (C=O) groups is 1. The van der Waals surface area contributed by atoms with Gasteiger partial charge in [-0.2, -0.15) is 0 Å². The molecule has 0 aliphatic carbocycles.